The van der Waals surface area contributed by atoms with Crippen molar-refractivity contribution in [2.75, 3.05) is 31.6 Å². The molecule has 0 aliphatic carbocycles. The van der Waals surface area contributed by atoms with Gasteiger partial charge in [-0.05, 0) is 50.0 Å². The lowest BCUT2D eigenvalue weighted by Gasteiger charge is -2.19. The lowest BCUT2D eigenvalue weighted by Crippen LogP contribution is -2.24. The molecule has 0 aliphatic rings. The van der Waals surface area contributed by atoms with Crippen LogP contribution in [0.4, 0.5) is 5.69 Å². The Morgan fingerprint density at radius 1 is 1.06 bits per heavy atom. The van der Waals surface area contributed by atoms with Crippen LogP contribution in [0, 0.1) is 0 Å². The van der Waals surface area contributed by atoms with E-state index < -0.39 is 0 Å². The summed E-state index contributed by atoms with van der Waals surface area (Å²) < 4.78 is 0. The number of nitrogens with zero attached hydrogens (tertiary/aromatic N) is 1. The molecule has 0 aliphatic heterocycles. The third-order valence-electron chi connectivity index (χ3n) is 3.06. The van der Waals surface area contributed by atoms with Crippen molar-refractivity contribution < 1.29 is 0 Å². The molecule has 1 N–H and O–H groups in total. The maximum atomic E-state index is 3.43. The number of rotatable bonds is 8. The Morgan fingerprint density at radius 3 is 2.35 bits per heavy atom. The summed E-state index contributed by atoms with van der Waals surface area (Å²) >= 11 is 0. The molecule has 0 heterocycles. The zero-order valence-corrected chi connectivity index (χ0v) is 11.5. The molecule has 0 fully saturated rings. The standard InChI is InChI=1S/C15H26N2/c1-4-11-16-12-6-13-17(3)15-9-7-14(5-2)8-10-15/h7-10,16H,4-6,11-13H2,1-3H3. The summed E-state index contributed by atoms with van der Waals surface area (Å²) in [4.78, 5) is 2.33. The van der Waals surface area contributed by atoms with E-state index >= 15 is 0 Å². The molecular weight excluding hydrogens is 208 g/mol. The number of hydrogen-bond donors (Lipinski definition) is 1. The third kappa shape index (κ3) is 5.22. The van der Waals surface area contributed by atoms with Gasteiger partial charge in [0.2, 0.25) is 0 Å². The minimum absolute atomic E-state index is 1.11. The van der Waals surface area contributed by atoms with Crippen LogP contribution in [0.2, 0.25) is 0 Å². The average molecular weight is 234 g/mol. The van der Waals surface area contributed by atoms with E-state index in [-0.39, 0.29) is 0 Å². The van der Waals surface area contributed by atoms with E-state index in [0.29, 0.717) is 0 Å². The molecule has 0 atom stereocenters. The van der Waals surface area contributed by atoms with E-state index in [9.17, 15) is 0 Å². The smallest absolute Gasteiger partial charge is 0.0363 e. The first-order valence-corrected chi connectivity index (χ1v) is 6.78. The second-order valence-corrected chi connectivity index (χ2v) is 4.55. The predicted molar refractivity (Wildman–Crippen MR) is 76.9 cm³/mol. The first-order valence-electron chi connectivity index (χ1n) is 6.78. The van der Waals surface area contributed by atoms with Crippen molar-refractivity contribution in [1.29, 1.82) is 0 Å². The van der Waals surface area contributed by atoms with Crippen LogP contribution in [-0.2, 0) is 6.42 Å². The van der Waals surface area contributed by atoms with Gasteiger partial charge in [0.1, 0.15) is 0 Å². The SMILES string of the molecule is CCCNCCCN(C)c1ccc(CC)cc1. The Morgan fingerprint density at radius 2 is 1.76 bits per heavy atom. The number of benzene rings is 1. The highest BCUT2D eigenvalue weighted by Gasteiger charge is 1.99. The second kappa shape index (κ2) is 8.13. The van der Waals surface area contributed by atoms with Gasteiger partial charge in [0, 0.05) is 19.3 Å². The highest BCUT2D eigenvalue weighted by Crippen LogP contribution is 2.14. The minimum atomic E-state index is 1.11. The van der Waals surface area contributed by atoms with E-state index in [2.05, 4.69) is 55.4 Å². The van der Waals surface area contributed by atoms with Crippen LogP contribution in [0.25, 0.3) is 0 Å². The monoisotopic (exact) mass is 234 g/mol. The van der Waals surface area contributed by atoms with Gasteiger partial charge in [0.05, 0.1) is 0 Å². The van der Waals surface area contributed by atoms with Gasteiger partial charge < -0.3 is 10.2 Å². The number of aryl methyl sites for hydroxylation is 1. The summed E-state index contributed by atoms with van der Waals surface area (Å²) in [5.41, 5.74) is 2.73. The van der Waals surface area contributed by atoms with Crippen LogP contribution in [0.5, 0.6) is 0 Å². The third-order valence-corrected chi connectivity index (χ3v) is 3.06. The molecule has 0 saturated heterocycles. The summed E-state index contributed by atoms with van der Waals surface area (Å²) in [6, 6.07) is 8.89. The molecular formula is C15H26N2. The minimum Gasteiger partial charge on any atom is -0.375 e. The van der Waals surface area contributed by atoms with Gasteiger partial charge in [-0.25, -0.2) is 0 Å². The molecule has 1 aromatic carbocycles. The largest absolute Gasteiger partial charge is 0.375 e. The molecule has 0 saturated carbocycles. The molecule has 1 aromatic rings. The predicted octanol–water partition coefficient (Wildman–Crippen LogP) is 3.07. The van der Waals surface area contributed by atoms with Gasteiger partial charge in [-0.15, -0.1) is 0 Å². The van der Waals surface area contributed by atoms with Gasteiger partial charge in [-0.3, -0.25) is 0 Å². The first kappa shape index (κ1) is 14.0. The summed E-state index contributed by atoms with van der Waals surface area (Å²) in [6.45, 7) is 7.76. The Hall–Kier alpha value is -1.02. The van der Waals surface area contributed by atoms with Crippen molar-refractivity contribution in [2.24, 2.45) is 0 Å². The highest BCUT2D eigenvalue weighted by atomic mass is 15.1. The van der Waals surface area contributed by atoms with Crippen molar-refractivity contribution in [3.05, 3.63) is 29.8 Å². The molecule has 0 aromatic heterocycles. The van der Waals surface area contributed by atoms with E-state index in [1.165, 1.54) is 24.1 Å². The molecule has 0 spiro atoms. The fourth-order valence-corrected chi connectivity index (χ4v) is 1.86. The lowest BCUT2D eigenvalue weighted by molar-refractivity contribution is 0.637. The Balaban J connectivity index is 2.28. The van der Waals surface area contributed by atoms with Crippen LogP contribution in [-0.4, -0.2) is 26.7 Å². The van der Waals surface area contributed by atoms with Crippen molar-refractivity contribution in [2.45, 2.75) is 33.1 Å². The summed E-state index contributed by atoms with van der Waals surface area (Å²) in [6.07, 6.45) is 3.53. The Labute approximate surface area is 106 Å². The van der Waals surface area contributed by atoms with Crippen LogP contribution >= 0.6 is 0 Å². The van der Waals surface area contributed by atoms with E-state index in [0.717, 1.165) is 26.1 Å². The van der Waals surface area contributed by atoms with Crippen LogP contribution in [0.1, 0.15) is 32.3 Å². The van der Waals surface area contributed by atoms with E-state index in [1.54, 1.807) is 0 Å². The molecule has 2 heteroatoms. The van der Waals surface area contributed by atoms with E-state index in [1.807, 2.05) is 0 Å². The van der Waals surface area contributed by atoms with Gasteiger partial charge in [0.15, 0.2) is 0 Å². The van der Waals surface area contributed by atoms with Crippen molar-refractivity contribution in [3.63, 3.8) is 0 Å². The van der Waals surface area contributed by atoms with Gasteiger partial charge in [0.25, 0.3) is 0 Å². The molecule has 2 nitrogen and oxygen atoms in total. The highest BCUT2D eigenvalue weighted by molar-refractivity contribution is 5.46. The maximum Gasteiger partial charge on any atom is 0.0363 e. The van der Waals surface area contributed by atoms with Gasteiger partial charge >= 0.3 is 0 Å². The average Bonchev–Trinajstić information content (AvgIpc) is 2.38. The number of anilines is 1. The van der Waals surface area contributed by atoms with Gasteiger partial charge in [-0.1, -0.05) is 26.0 Å². The quantitative estimate of drug-likeness (QED) is 0.695. The summed E-state index contributed by atoms with van der Waals surface area (Å²) in [7, 11) is 2.17. The Bertz CT molecular complexity index is 292. The molecule has 0 unspecified atom stereocenters. The second-order valence-electron chi connectivity index (χ2n) is 4.55. The van der Waals surface area contributed by atoms with Gasteiger partial charge in [-0.2, -0.15) is 0 Å². The first-order chi connectivity index (χ1) is 8.27. The topological polar surface area (TPSA) is 15.3 Å². The molecule has 96 valence electrons. The molecule has 0 amide bonds. The van der Waals surface area contributed by atoms with Crippen LogP contribution in [0.3, 0.4) is 0 Å². The van der Waals surface area contributed by atoms with Crippen molar-refractivity contribution in [3.8, 4) is 0 Å². The van der Waals surface area contributed by atoms with E-state index in [4.69, 9.17) is 0 Å². The fourth-order valence-electron chi connectivity index (χ4n) is 1.86. The number of hydrogen-bond acceptors (Lipinski definition) is 2. The lowest BCUT2D eigenvalue weighted by atomic mass is 10.1. The zero-order chi connectivity index (χ0) is 12.5. The van der Waals surface area contributed by atoms with Crippen LogP contribution in [0.15, 0.2) is 24.3 Å². The molecule has 1 rings (SSSR count). The zero-order valence-electron chi connectivity index (χ0n) is 11.5. The van der Waals surface area contributed by atoms with Crippen molar-refractivity contribution in [1.82, 2.24) is 5.32 Å². The fraction of sp³-hybridized carbons (Fsp3) is 0.600. The summed E-state index contributed by atoms with van der Waals surface area (Å²) in [5.74, 6) is 0. The summed E-state index contributed by atoms with van der Waals surface area (Å²) in [5, 5.41) is 3.43. The Kier molecular flexibility index (Phi) is 6.71. The number of nitrogens with one attached hydrogen (secondary N) is 1. The molecule has 0 bridgehead atoms. The normalized spacial score (nSPS) is 10.5. The maximum absolute atomic E-state index is 3.43. The molecule has 0 radical (unpaired) electrons. The van der Waals surface area contributed by atoms with Crippen LogP contribution < -0.4 is 10.2 Å². The molecule has 17 heavy (non-hydrogen) atoms. The van der Waals surface area contributed by atoms with Crippen molar-refractivity contribution >= 4 is 5.69 Å².